The fraction of sp³-hybridized carbons (Fsp3) is 0.591. The molecule has 4 N–H and O–H groups in total. The molecule has 0 unspecified atom stereocenters. The van der Waals surface area contributed by atoms with Crippen LogP contribution in [0.5, 0.6) is 0 Å². The van der Waals surface area contributed by atoms with Gasteiger partial charge in [-0.05, 0) is 19.8 Å². The number of carbonyl (C=O) groups excluding carboxylic acids is 1. The Morgan fingerprint density at radius 2 is 1.91 bits per heavy atom. The van der Waals surface area contributed by atoms with Crippen LogP contribution in [0.1, 0.15) is 18.9 Å². The fourth-order valence-corrected chi connectivity index (χ4v) is 5.03. The minimum absolute atomic E-state index is 0. The standard InChI is InChI=1S/C22H30FN9O2.ClH/c1-22(3-5-31(13-22)19(33)16(24)10-23)32-4-2-15-17(14-11-26-20(25)27-12-14)28-21(29-18(15)32)30-6-8-34-9-7-30;/h11-12,16H,2-10,13,24H2,1H3,(H2,25,26,27);1H/t16-,22+;/m1./s1. The van der Waals surface area contributed by atoms with Gasteiger partial charge in [-0.15, -0.1) is 12.4 Å². The second kappa shape index (κ2) is 10.0. The van der Waals surface area contributed by atoms with E-state index in [-0.39, 0.29) is 29.8 Å². The molecule has 5 rings (SSSR count). The maximum atomic E-state index is 13.0. The van der Waals surface area contributed by atoms with E-state index in [2.05, 4.69) is 26.7 Å². The lowest BCUT2D eigenvalue weighted by Crippen LogP contribution is -2.51. The van der Waals surface area contributed by atoms with Crippen LogP contribution in [-0.2, 0) is 16.0 Å². The fourth-order valence-electron chi connectivity index (χ4n) is 5.03. The molecule has 0 radical (unpaired) electrons. The van der Waals surface area contributed by atoms with Gasteiger partial charge in [-0.25, -0.2) is 19.3 Å². The van der Waals surface area contributed by atoms with Gasteiger partial charge >= 0.3 is 0 Å². The number of amides is 1. The van der Waals surface area contributed by atoms with Crippen molar-refractivity contribution in [3.63, 3.8) is 0 Å². The van der Waals surface area contributed by atoms with Gasteiger partial charge in [-0.3, -0.25) is 4.79 Å². The van der Waals surface area contributed by atoms with Gasteiger partial charge in [0.05, 0.1) is 24.4 Å². The van der Waals surface area contributed by atoms with Crippen molar-refractivity contribution in [3.05, 3.63) is 18.0 Å². The van der Waals surface area contributed by atoms with E-state index in [1.54, 1.807) is 17.3 Å². The second-order valence-corrected chi connectivity index (χ2v) is 9.27. The lowest BCUT2D eigenvalue weighted by molar-refractivity contribution is -0.132. The molecule has 0 aliphatic carbocycles. The Balaban J connectivity index is 0.00000289. The lowest BCUT2D eigenvalue weighted by atomic mass is 9.99. The third kappa shape index (κ3) is 4.69. The summed E-state index contributed by atoms with van der Waals surface area (Å²) >= 11 is 0. The van der Waals surface area contributed by atoms with Crippen molar-refractivity contribution in [1.82, 2.24) is 24.8 Å². The normalized spacial score (nSPS) is 22.7. The van der Waals surface area contributed by atoms with E-state index in [0.717, 1.165) is 42.0 Å². The molecule has 0 saturated carbocycles. The smallest absolute Gasteiger partial charge is 0.242 e. The molecule has 2 atom stereocenters. The first-order valence-electron chi connectivity index (χ1n) is 11.6. The maximum absolute atomic E-state index is 13.0. The van der Waals surface area contributed by atoms with Gasteiger partial charge in [0.25, 0.3) is 0 Å². The molecule has 0 aromatic carbocycles. The number of nitrogens with two attached hydrogens (primary N) is 2. The number of fused-ring (bicyclic) bond motifs is 1. The quantitative estimate of drug-likeness (QED) is 0.585. The van der Waals surface area contributed by atoms with Crippen LogP contribution in [0.25, 0.3) is 11.3 Å². The molecule has 13 heteroatoms. The van der Waals surface area contributed by atoms with Crippen LogP contribution in [-0.4, -0.2) is 94.9 Å². The highest BCUT2D eigenvalue weighted by atomic mass is 35.5. The third-order valence-corrected chi connectivity index (χ3v) is 6.95. The van der Waals surface area contributed by atoms with Crippen molar-refractivity contribution in [2.24, 2.45) is 5.73 Å². The molecular weight excluding hydrogens is 477 g/mol. The number of anilines is 3. The van der Waals surface area contributed by atoms with Gasteiger partial charge in [0.1, 0.15) is 18.5 Å². The monoisotopic (exact) mass is 507 g/mol. The predicted octanol–water partition coefficient (Wildman–Crippen LogP) is 0.425. The number of alkyl halides is 1. The lowest BCUT2D eigenvalue weighted by Gasteiger charge is -2.37. The second-order valence-electron chi connectivity index (χ2n) is 9.27. The molecule has 190 valence electrons. The van der Waals surface area contributed by atoms with Crippen LogP contribution in [0.2, 0.25) is 0 Å². The Kier molecular flexibility index (Phi) is 7.25. The zero-order valence-electron chi connectivity index (χ0n) is 19.7. The minimum Gasteiger partial charge on any atom is -0.378 e. The molecular formula is C22H31ClFN9O2. The van der Waals surface area contributed by atoms with E-state index < -0.39 is 12.7 Å². The first-order chi connectivity index (χ1) is 16.4. The summed E-state index contributed by atoms with van der Waals surface area (Å²) in [5.41, 5.74) is 13.6. The zero-order chi connectivity index (χ0) is 23.9. The van der Waals surface area contributed by atoms with Crippen LogP contribution in [0.3, 0.4) is 0 Å². The summed E-state index contributed by atoms with van der Waals surface area (Å²) in [5, 5.41) is 0. The molecule has 2 aromatic heterocycles. The van der Waals surface area contributed by atoms with E-state index in [9.17, 15) is 9.18 Å². The summed E-state index contributed by atoms with van der Waals surface area (Å²) in [6.45, 7) is 5.66. The summed E-state index contributed by atoms with van der Waals surface area (Å²) in [6.07, 6.45) is 4.87. The number of likely N-dealkylation sites (tertiary alicyclic amines) is 1. The third-order valence-electron chi connectivity index (χ3n) is 6.95. The van der Waals surface area contributed by atoms with Crippen molar-refractivity contribution in [3.8, 4) is 11.3 Å². The average Bonchev–Trinajstić information content (AvgIpc) is 3.48. The van der Waals surface area contributed by atoms with Gasteiger partial charge in [-0.1, -0.05) is 0 Å². The number of morpholine rings is 1. The van der Waals surface area contributed by atoms with Crippen molar-refractivity contribution in [1.29, 1.82) is 0 Å². The number of nitrogens with zero attached hydrogens (tertiary/aromatic N) is 7. The van der Waals surface area contributed by atoms with Crippen molar-refractivity contribution >= 4 is 36.0 Å². The number of halogens is 2. The number of nitrogen functional groups attached to an aromatic ring is 1. The van der Waals surface area contributed by atoms with Crippen LogP contribution >= 0.6 is 12.4 Å². The number of aromatic nitrogens is 4. The van der Waals surface area contributed by atoms with Gasteiger partial charge in [0, 0.05) is 56.2 Å². The molecule has 35 heavy (non-hydrogen) atoms. The van der Waals surface area contributed by atoms with Crippen LogP contribution < -0.4 is 21.3 Å². The highest BCUT2D eigenvalue weighted by Gasteiger charge is 2.45. The zero-order valence-corrected chi connectivity index (χ0v) is 20.5. The predicted molar refractivity (Wildman–Crippen MR) is 132 cm³/mol. The minimum atomic E-state index is -1.11. The Bertz CT molecular complexity index is 1070. The van der Waals surface area contributed by atoms with Crippen molar-refractivity contribution < 1.29 is 13.9 Å². The number of ether oxygens (including phenoxy) is 1. The molecule has 3 aliphatic rings. The highest BCUT2D eigenvalue weighted by molar-refractivity contribution is 5.85. The number of hydrogen-bond acceptors (Lipinski definition) is 10. The highest BCUT2D eigenvalue weighted by Crippen LogP contribution is 2.41. The molecule has 11 nitrogen and oxygen atoms in total. The number of carbonyl (C=O) groups is 1. The first kappa shape index (κ1) is 25.3. The Labute approximate surface area is 209 Å². The van der Waals surface area contributed by atoms with Crippen LogP contribution in [0.15, 0.2) is 12.4 Å². The van der Waals surface area contributed by atoms with Gasteiger partial charge in [-0.2, -0.15) is 4.98 Å². The Morgan fingerprint density at radius 3 is 2.60 bits per heavy atom. The Morgan fingerprint density at radius 1 is 1.20 bits per heavy atom. The summed E-state index contributed by atoms with van der Waals surface area (Å²) in [5.74, 6) is 1.35. The molecule has 0 spiro atoms. The maximum Gasteiger partial charge on any atom is 0.242 e. The number of rotatable bonds is 5. The van der Waals surface area contributed by atoms with E-state index in [1.165, 1.54) is 0 Å². The van der Waals surface area contributed by atoms with Crippen molar-refractivity contribution in [2.45, 2.75) is 31.3 Å². The van der Waals surface area contributed by atoms with E-state index in [1.807, 2.05) is 0 Å². The average molecular weight is 508 g/mol. The summed E-state index contributed by atoms with van der Waals surface area (Å²) in [6, 6.07) is -1.11. The van der Waals surface area contributed by atoms with Crippen LogP contribution in [0, 0.1) is 0 Å². The number of hydrogen-bond donors (Lipinski definition) is 2. The molecule has 0 bridgehead atoms. The topological polar surface area (TPSA) is 140 Å². The summed E-state index contributed by atoms with van der Waals surface area (Å²) in [7, 11) is 0. The van der Waals surface area contributed by atoms with Crippen LogP contribution in [0.4, 0.5) is 22.1 Å². The van der Waals surface area contributed by atoms with E-state index in [0.29, 0.717) is 45.3 Å². The molecule has 2 saturated heterocycles. The van der Waals surface area contributed by atoms with Gasteiger partial charge in [0.2, 0.25) is 17.8 Å². The van der Waals surface area contributed by atoms with Crippen molar-refractivity contribution in [2.75, 3.05) is 68.1 Å². The largest absolute Gasteiger partial charge is 0.378 e. The SMILES string of the molecule is C[C@]1(N2CCc3c(-c4cnc(N)nc4)nc(N4CCOCC4)nc32)CCN(C(=O)[C@H](N)CF)C1.Cl. The van der Waals surface area contributed by atoms with Gasteiger partial charge < -0.3 is 30.9 Å². The van der Waals surface area contributed by atoms with Gasteiger partial charge in [0.15, 0.2) is 0 Å². The molecule has 3 aliphatic heterocycles. The first-order valence-corrected chi connectivity index (χ1v) is 11.6. The van der Waals surface area contributed by atoms with E-state index in [4.69, 9.17) is 26.2 Å². The van der Waals surface area contributed by atoms with E-state index >= 15 is 0 Å². The Hall–Kier alpha value is -2.83. The summed E-state index contributed by atoms with van der Waals surface area (Å²) in [4.78, 5) is 36.8. The molecule has 1 amide bonds. The molecule has 2 aromatic rings. The summed E-state index contributed by atoms with van der Waals surface area (Å²) < 4.78 is 18.5. The molecule has 2 fully saturated rings. The molecule has 5 heterocycles.